The number of amides is 1. The van der Waals surface area contributed by atoms with Crippen molar-refractivity contribution in [3.05, 3.63) is 54.1 Å². The zero-order valence-corrected chi connectivity index (χ0v) is 14.9. The van der Waals surface area contributed by atoms with Crippen LogP contribution in [0.3, 0.4) is 0 Å². The van der Waals surface area contributed by atoms with E-state index in [0.717, 1.165) is 6.42 Å². The molecule has 0 unspecified atom stereocenters. The molecule has 2 heterocycles. The lowest BCUT2D eigenvalue weighted by Gasteiger charge is -2.11. The van der Waals surface area contributed by atoms with Crippen LogP contribution in [0.5, 0.6) is 0 Å². The molecule has 0 spiro atoms. The van der Waals surface area contributed by atoms with E-state index in [2.05, 4.69) is 20.0 Å². The van der Waals surface area contributed by atoms with Crippen LogP contribution in [0.2, 0.25) is 0 Å². The second kappa shape index (κ2) is 8.35. The van der Waals surface area contributed by atoms with Crippen molar-refractivity contribution in [2.24, 2.45) is 5.92 Å². The second-order valence-electron chi connectivity index (χ2n) is 5.99. The summed E-state index contributed by atoms with van der Waals surface area (Å²) in [6.45, 7) is 1.92. The molecule has 1 aliphatic rings. The highest BCUT2D eigenvalue weighted by Gasteiger charge is 2.19. The molecular weight excluding hydrogens is 356 g/mol. The molecule has 138 valence electrons. The van der Waals surface area contributed by atoms with Crippen LogP contribution in [0.4, 0.5) is 0 Å². The van der Waals surface area contributed by atoms with Crippen molar-refractivity contribution >= 4 is 15.9 Å². The molecule has 1 atom stereocenters. The molecule has 1 aromatic carbocycles. The summed E-state index contributed by atoms with van der Waals surface area (Å²) in [4.78, 5) is 20.1. The summed E-state index contributed by atoms with van der Waals surface area (Å²) >= 11 is 0. The van der Waals surface area contributed by atoms with Crippen molar-refractivity contribution in [3.8, 4) is 0 Å². The molecule has 1 amide bonds. The Kier molecular flexibility index (Phi) is 5.92. The SMILES string of the molecule is O=C(NC[C@@H]1CCOC1)c1cccc(S(=O)(=O)NCc2ccncn2)c1. The van der Waals surface area contributed by atoms with Crippen molar-refractivity contribution in [1.29, 1.82) is 0 Å². The van der Waals surface area contributed by atoms with E-state index in [1.54, 1.807) is 18.2 Å². The first-order valence-corrected chi connectivity index (χ1v) is 9.73. The van der Waals surface area contributed by atoms with E-state index in [4.69, 9.17) is 4.74 Å². The first-order chi connectivity index (χ1) is 12.5. The van der Waals surface area contributed by atoms with Gasteiger partial charge in [0.1, 0.15) is 6.33 Å². The number of nitrogens with one attached hydrogen (secondary N) is 2. The topological polar surface area (TPSA) is 110 Å². The second-order valence-corrected chi connectivity index (χ2v) is 7.76. The van der Waals surface area contributed by atoms with Crippen molar-refractivity contribution < 1.29 is 17.9 Å². The minimum atomic E-state index is -3.76. The molecule has 2 aromatic rings. The van der Waals surface area contributed by atoms with E-state index in [0.29, 0.717) is 36.9 Å². The Balaban J connectivity index is 1.64. The standard InChI is InChI=1S/C17H20N4O4S/c22-17(19-9-13-5-7-25-11-13)14-2-1-3-16(8-14)26(23,24)21-10-15-4-6-18-12-20-15/h1-4,6,8,12-13,21H,5,7,9-11H2,(H,19,22)/t13-/m0/s1. The molecule has 1 aliphatic heterocycles. The molecule has 0 bridgehead atoms. The van der Waals surface area contributed by atoms with Gasteiger partial charge >= 0.3 is 0 Å². The van der Waals surface area contributed by atoms with Crippen molar-refractivity contribution in [2.45, 2.75) is 17.9 Å². The van der Waals surface area contributed by atoms with Gasteiger partial charge in [-0.3, -0.25) is 4.79 Å². The van der Waals surface area contributed by atoms with E-state index < -0.39 is 10.0 Å². The van der Waals surface area contributed by atoms with E-state index in [-0.39, 0.29) is 17.3 Å². The minimum Gasteiger partial charge on any atom is -0.381 e. The van der Waals surface area contributed by atoms with Crippen LogP contribution in [0.1, 0.15) is 22.5 Å². The summed E-state index contributed by atoms with van der Waals surface area (Å²) in [5.74, 6) is 0.00476. The summed E-state index contributed by atoms with van der Waals surface area (Å²) in [7, 11) is -3.76. The van der Waals surface area contributed by atoms with Crippen LogP contribution in [0.25, 0.3) is 0 Å². The highest BCUT2D eigenvalue weighted by atomic mass is 32.2. The first kappa shape index (κ1) is 18.4. The van der Waals surface area contributed by atoms with Gasteiger partial charge in [0, 0.05) is 30.8 Å². The molecule has 0 saturated carbocycles. The lowest BCUT2D eigenvalue weighted by atomic mass is 10.1. The number of carbonyl (C=O) groups is 1. The van der Waals surface area contributed by atoms with Gasteiger partial charge in [0.15, 0.2) is 0 Å². The molecule has 1 fully saturated rings. The fourth-order valence-corrected chi connectivity index (χ4v) is 3.61. The molecule has 0 radical (unpaired) electrons. The number of sulfonamides is 1. The third-order valence-corrected chi connectivity index (χ3v) is 5.47. The summed E-state index contributed by atoms with van der Waals surface area (Å²) < 4.78 is 32.6. The largest absolute Gasteiger partial charge is 0.381 e. The summed E-state index contributed by atoms with van der Waals surface area (Å²) in [6, 6.07) is 7.57. The Morgan fingerprint density at radius 1 is 1.31 bits per heavy atom. The summed E-state index contributed by atoms with van der Waals surface area (Å²) in [5, 5.41) is 2.83. The molecule has 26 heavy (non-hydrogen) atoms. The molecule has 1 saturated heterocycles. The van der Waals surface area contributed by atoms with Crippen molar-refractivity contribution in [1.82, 2.24) is 20.0 Å². The maximum absolute atomic E-state index is 12.4. The molecule has 3 rings (SSSR count). The van der Waals surface area contributed by atoms with Crippen LogP contribution >= 0.6 is 0 Å². The fraction of sp³-hybridized carbons (Fsp3) is 0.353. The van der Waals surface area contributed by atoms with E-state index in [9.17, 15) is 13.2 Å². The quantitative estimate of drug-likeness (QED) is 0.737. The lowest BCUT2D eigenvalue weighted by molar-refractivity contribution is 0.0945. The number of carbonyl (C=O) groups excluding carboxylic acids is 1. The molecule has 0 aliphatic carbocycles. The maximum Gasteiger partial charge on any atom is 0.251 e. The predicted molar refractivity (Wildman–Crippen MR) is 93.8 cm³/mol. The Bertz CT molecular complexity index is 852. The van der Waals surface area contributed by atoms with Crippen molar-refractivity contribution in [3.63, 3.8) is 0 Å². The van der Waals surface area contributed by atoms with E-state index in [1.807, 2.05) is 0 Å². The Hall–Kier alpha value is -2.36. The van der Waals surface area contributed by atoms with Gasteiger partial charge < -0.3 is 10.1 Å². The first-order valence-electron chi connectivity index (χ1n) is 8.25. The Labute approximate surface area is 152 Å². The number of nitrogens with zero attached hydrogens (tertiary/aromatic N) is 2. The van der Waals surface area contributed by atoms with Gasteiger partial charge in [-0.2, -0.15) is 0 Å². The van der Waals surface area contributed by atoms with Gasteiger partial charge in [0.25, 0.3) is 5.91 Å². The van der Waals surface area contributed by atoms with Gasteiger partial charge in [-0.05, 0) is 30.7 Å². The average Bonchev–Trinajstić information content (AvgIpc) is 3.19. The van der Waals surface area contributed by atoms with Crippen LogP contribution in [0.15, 0.2) is 47.8 Å². The van der Waals surface area contributed by atoms with Crippen LogP contribution in [0, 0.1) is 5.92 Å². The van der Waals surface area contributed by atoms with Gasteiger partial charge in [-0.1, -0.05) is 6.07 Å². The Morgan fingerprint density at radius 3 is 2.92 bits per heavy atom. The molecule has 2 N–H and O–H groups in total. The van der Waals surface area contributed by atoms with Crippen LogP contribution < -0.4 is 10.0 Å². The molecular formula is C17H20N4O4S. The van der Waals surface area contributed by atoms with Gasteiger partial charge in [0.2, 0.25) is 10.0 Å². The van der Waals surface area contributed by atoms with E-state index in [1.165, 1.54) is 24.7 Å². The third-order valence-electron chi connectivity index (χ3n) is 4.07. The lowest BCUT2D eigenvalue weighted by Crippen LogP contribution is -2.30. The van der Waals surface area contributed by atoms with Crippen LogP contribution in [-0.4, -0.2) is 44.1 Å². The number of aromatic nitrogens is 2. The predicted octanol–water partition coefficient (Wildman–Crippen LogP) is 0.721. The van der Waals surface area contributed by atoms with Crippen molar-refractivity contribution in [2.75, 3.05) is 19.8 Å². The van der Waals surface area contributed by atoms with Gasteiger partial charge in [-0.25, -0.2) is 23.1 Å². The number of rotatable bonds is 7. The number of hydrogen-bond donors (Lipinski definition) is 2. The monoisotopic (exact) mass is 376 g/mol. The minimum absolute atomic E-state index is 0.0309. The summed E-state index contributed by atoms with van der Waals surface area (Å²) in [6.07, 6.45) is 3.81. The normalized spacial score (nSPS) is 17.2. The third kappa shape index (κ3) is 4.84. The number of benzene rings is 1. The fourth-order valence-electron chi connectivity index (χ4n) is 2.56. The average molecular weight is 376 g/mol. The maximum atomic E-state index is 12.4. The zero-order valence-electron chi connectivity index (χ0n) is 14.1. The molecule has 1 aromatic heterocycles. The molecule has 8 nitrogen and oxygen atoms in total. The molecule has 9 heteroatoms. The van der Waals surface area contributed by atoms with Gasteiger partial charge in [-0.15, -0.1) is 0 Å². The summed E-state index contributed by atoms with van der Waals surface area (Å²) in [5.41, 5.74) is 0.852. The number of ether oxygens (including phenoxy) is 1. The smallest absolute Gasteiger partial charge is 0.251 e. The van der Waals surface area contributed by atoms with Gasteiger partial charge in [0.05, 0.1) is 23.7 Å². The van der Waals surface area contributed by atoms with E-state index >= 15 is 0 Å². The number of hydrogen-bond acceptors (Lipinski definition) is 6. The van der Waals surface area contributed by atoms with Crippen LogP contribution in [-0.2, 0) is 21.3 Å². The highest BCUT2D eigenvalue weighted by molar-refractivity contribution is 7.89. The Morgan fingerprint density at radius 2 is 2.19 bits per heavy atom. The highest BCUT2D eigenvalue weighted by Crippen LogP contribution is 2.14. The zero-order chi connectivity index (χ0) is 18.4.